The summed E-state index contributed by atoms with van der Waals surface area (Å²) >= 11 is 0.953. The standard InChI is InChI=1S/C18H22N6O5S/c1-18(2,3)29-28-17(27)24(11-5-4-10(30-11)15(25)26)7-6-9-8-21-14-12(9)13(19)22-16(20)23-14/h4-5,8H,6-7H2,1-3H3,(H,25,26)(H5,19,20,21,22,23). The number of nitrogens with two attached hydrogens (primary N) is 2. The molecule has 3 heterocycles. The number of rotatable bonds is 6. The van der Waals surface area contributed by atoms with Gasteiger partial charge in [-0.15, -0.1) is 11.3 Å². The molecular weight excluding hydrogens is 412 g/mol. The number of hydrogen-bond acceptors (Lipinski definition) is 9. The number of carboxylic acid groups (broad SMARTS) is 1. The average molecular weight is 434 g/mol. The van der Waals surface area contributed by atoms with Crippen LogP contribution >= 0.6 is 11.3 Å². The highest BCUT2D eigenvalue weighted by molar-refractivity contribution is 7.18. The van der Waals surface area contributed by atoms with Gasteiger partial charge in [0.05, 0.1) is 5.39 Å². The predicted octanol–water partition coefficient (Wildman–Crippen LogP) is 2.80. The van der Waals surface area contributed by atoms with Crippen molar-refractivity contribution in [3.8, 4) is 0 Å². The van der Waals surface area contributed by atoms with Crippen LogP contribution in [0.4, 0.5) is 21.6 Å². The molecule has 0 aromatic carbocycles. The number of aromatic nitrogens is 3. The maximum absolute atomic E-state index is 12.7. The minimum absolute atomic E-state index is 0.0534. The quantitative estimate of drug-likeness (QED) is 0.336. The first-order chi connectivity index (χ1) is 14.0. The molecule has 0 aliphatic heterocycles. The number of aromatic carboxylic acids is 1. The van der Waals surface area contributed by atoms with Gasteiger partial charge in [0.25, 0.3) is 0 Å². The summed E-state index contributed by atoms with van der Waals surface area (Å²) < 4.78 is 0. The number of H-pyrrole nitrogens is 1. The second-order valence-electron chi connectivity index (χ2n) is 7.39. The first kappa shape index (κ1) is 21.3. The van der Waals surface area contributed by atoms with Crippen LogP contribution in [-0.2, 0) is 16.2 Å². The maximum Gasteiger partial charge on any atom is 0.446 e. The van der Waals surface area contributed by atoms with Crippen LogP contribution in [0.1, 0.15) is 36.0 Å². The number of thiophene rings is 1. The number of carboxylic acids is 1. The van der Waals surface area contributed by atoms with E-state index in [1.54, 1.807) is 33.0 Å². The summed E-state index contributed by atoms with van der Waals surface area (Å²) in [5.41, 5.74) is 12.1. The van der Waals surface area contributed by atoms with Gasteiger partial charge in [-0.25, -0.2) is 9.59 Å². The Hall–Kier alpha value is -3.38. The van der Waals surface area contributed by atoms with Gasteiger partial charge in [-0.3, -0.25) is 9.79 Å². The fraction of sp³-hybridized carbons (Fsp3) is 0.333. The molecule has 0 unspecified atom stereocenters. The highest BCUT2D eigenvalue weighted by Crippen LogP contribution is 2.29. The summed E-state index contributed by atoms with van der Waals surface area (Å²) in [6.45, 7) is 5.37. The first-order valence-corrected chi connectivity index (χ1v) is 9.76. The topological polar surface area (TPSA) is 170 Å². The smallest absolute Gasteiger partial charge is 0.446 e. The molecule has 0 aliphatic rings. The Bertz CT molecular complexity index is 1090. The van der Waals surface area contributed by atoms with E-state index in [0.29, 0.717) is 22.5 Å². The van der Waals surface area contributed by atoms with Gasteiger partial charge in [-0.05, 0) is 44.9 Å². The van der Waals surface area contributed by atoms with Crippen molar-refractivity contribution < 1.29 is 24.5 Å². The molecule has 0 spiro atoms. The molecule has 0 fully saturated rings. The summed E-state index contributed by atoms with van der Waals surface area (Å²) in [5, 5.41) is 10.2. The van der Waals surface area contributed by atoms with E-state index in [0.717, 1.165) is 16.9 Å². The van der Waals surface area contributed by atoms with Crippen LogP contribution in [0.3, 0.4) is 0 Å². The number of carbonyl (C=O) groups excluding carboxylic acids is 1. The van der Waals surface area contributed by atoms with Gasteiger partial charge < -0.3 is 21.6 Å². The molecule has 0 saturated carbocycles. The van der Waals surface area contributed by atoms with Crippen molar-refractivity contribution in [2.24, 2.45) is 0 Å². The number of nitrogens with one attached hydrogen (secondary N) is 1. The van der Waals surface area contributed by atoms with Crippen LogP contribution in [0.5, 0.6) is 0 Å². The third-order valence-electron chi connectivity index (χ3n) is 3.92. The number of nitrogens with zero attached hydrogens (tertiary/aromatic N) is 3. The van der Waals surface area contributed by atoms with Crippen LogP contribution < -0.4 is 16.4 Å². The van der Waals surface area contributed by atoms with Gasteiger partial charge in [0.2, 0.25) is 5.95 Å². The molecule has 0 radical (unpaired) electrons. The number of amides is 1. The molecule has 0 bridgehead atoms. The van der Waals surface area contributed by atoms with E-state index in [9.17, 15) is 14.7 Å². The number of nitrogen functional groups attached to an aromatic ring is 2. The molecule has 30 heavy (non-hydrogen) atoms. The summed E-state index contributed by atoms with van der Waals surface area (Å²) in [4.78, 5) is 46.4. The van der Waals surface area contributed by atoms with Crippen molar-refractivity contribution >= 4 is 51.2 Å². The third-order valence-corrected chi connectivity index (χ3v) is 5.01. The molecule has 3 aromatic rings. The molecule has 160 valence electrons. The molecule has 6 N–H and O–H groups in total. The van der Waals surface area contributed by atoms with Crippen LogP contribution in [0.2, 0.25) is 0 Å². The first-order valence-electron chi connectivity index (χ1n) is 8.94. The third kappa shape index (κ3) is 4.78. The van der Waals surface area contributed by atoms with Crippen molar-refractivity contribution in [1.29, 1.82) is 0 Å². The summed E-state index contributed by atoms with van der Waals surface area (Å²) in [6, 6.07) is 2.97. The summed E-state index contributed by atoms with van der Waals surface area (Å²) in [5.74, 6) is -0.800. The largest absolute Gasteiger partial charge is 0.477 e. The van der Waals surface area contributed by atoms with Crippen molar-refractivity contribution in [2.75, 3.05) is 22.9 Å². The van der Waals surface area contributed by atoms with Crippen molar-refractivity contribution in [2.45, 2.75) is 32.8 Å². The molecular formula is C18H22N6O5S. The Morgan fingerprint density at radius 2 is 2.00 bits per heavy atom. The van der Waals surface area contributed by atoms with Gasteiger partial charge in [0.15, 0.2) is 0 Å². The Morgan fingerprint density at radius 3 is 2.63 bits per heavy atom. The van der Waals surface area contributed by atoms with Gasteiger partial charge in [-0.1, -0.05) is 0 Å². The zero-order chi connectivity index (χ0) is 22.1. The second-order valence-corrected chi connectivity index (χ2v) is 8.46. The van der Waals surface area contributed by atoms with E-state index >= 15 is 0 Å². The predicted molar refractivity (Wildman–Crippen MR) is 112 cm³/mol. The van der Waals surface area contributed by atoms with Crippen molar-refractivity contribution in [1.82, 2.24) is 15.0 Å². The molecule has 11 nitrogen and oxygen atoms in total. The van der Waals surface area contributed by atoms with E-state index in [1.807, 2.05) is 0 Å². The van der Waals surface area contributed by atoms with Gasteiger partial charge in [0, 0.05) is 12.7 Å². The molecule has 3 rings (SSSR count). The Labute approximate surface area is 175 Å². The highest BCUT2D eigenvalue weighted by atomic mass is 32.1. The Balaban J connectivity index is 1.85. The monoisotopic (exact) mass is 434 g/mol. The highest BCUT2D eigenvalue weighted by Gasteiger charge is 2.25. The summed E-state index contributed by atoms with van der Waals surface area (Å²) in [6.07, 6.45) is 1.31. The van der Waals surface area contributed by atoms with E-state index in [1.165, 1.54) is 11.0 Å². The molecule has 12 heteroatoms. The molecule has 0 saturated heterocycles. The number of aromatic amines is 1. The minimum atomic E-state index is -1.08. The maximum atomic E-state index is 12.7. The van der Waals surface area contributed by atoms with Crippen LogP contribution in [0.15, 0.2) is 18.3 Å². The molecule has 1 amide bonds. The van der Waals surface area contributed by atoms with Gasteiger partial charge in [-0.2, -0.15) is 14.9 Å². The van der Waals surface area contributed by atoms with E-state index < -0.39 is 17.7 Å². The minimum Gasteiger partial charge on any atom is -0.477 e. The molecule has 3 aromatic heterocycles. The Morgan fingerprint density at radius 1 is 1.27 bits per heavy atom. The van der Waals surface area contributed by atoms with Crippen LogP contribution in [-0.4, -0.2) is 44.3 Å². The lowest BCUT2D eigenvalue weighted by Crippen LogP contribution is -2.35. The van der Waals surface area contributed by atoms with Crippen molar-refractivity contribution in [3.05, 3.63) is 28.8 Å². The number of carbonyl (C=O) groups is 2. The lowest BCUT2D eigenvalue weighted by atomic mass is 10.1. The number of hydrogen-bond donors (Lipinski definition) is 4. The number of fused-ring (bicyclic) bond motifs is 1. The summed E-state index contributed by atoms with van der Waals surface area (Å²) in [7, 11) is 0. The van der Waals surface area contributed by atoms with Crippen LogP contribution in [0.25, 0.3) is 11.0 Å². The Kier molecular flexibility index (Phi) is 5.80. The fourth-order valence-corrected chi connectivity index (χ4v) is 3.52. The SMILES string of the molecule is CC(C)(C)OOC(=O)N(CCc1c[nH]c2nc(N)nc(N)c12)c1ccc(C(=O)O)s1. The molecule has 0 atom stereocenters. The zero-order valence-corrected chi connectivity index (χ0v) is 17.4. The lowest BCUT2D eigenvalue weighted by Gasteiger charge is -2.22. The molecule has 0 aliphatic carbocycles. The van der Waals surface area contributed by atoms with Crippen molar-refractivity contribution in [3.63, 3.8) is 0 Å². The lowest BCUT2D eigenvalue weighted by molar-refractivity contribution is -0.298. The van der Waals surface area contributed by atoms with Crippen LogP contribution in [0, 0.1) is 0 Å². The zero-order valence-electron chi connectivity index (χ0n) is 16.6. The van der Waals surface area contributed by atoms with E-state index in [2.05, 4.69) is 15.0 Å². The average Bonchev–Trinajstić information content (AvgIpc) is 3.27. The van der Waals surface area contributed by atoms with Gasteiger partial charge >= 0.3 is 12.1 Å². The second kappa shape index (κ2) is 8.16. The number of anilines is 3. The van der Waals surface area contributed by atoms with E-state index in [4.69, 9.17) is 21.2 Å². The fourth-order valence-electron chi connectivity index (χ4n) is 2.66. The van der Waals surface area contributed by atoms with E-state index in [-0.39, 0.29) is 23.2 Å². The van der Waals surface area contributed by atoms with Gasteiger partial charge in [0.1, 0.15) is 26.9 Å². The normalized spacial score (nSPS) is 11.6.